The molecule has 2 amide bonds. The molecule has 1 atom stereocenters. The number of nitrogens with zero attached hydrogens (tertiary/aromatic N) is 5. The highest BCUT2D eigenvalue weighted by Crippen LogP contribution is 2.41. The van der Waals surface area contributed by atoms with Gasteiger partial charge in [-0.1, -0.05) is 6.07 Å². The molecule has 7 nitrogen and oxygen atoms in total. The minimum Gasteiger partial charge on any atom is -0.338 e. The number of piperidine rings is 1. The van der Waals surface area contributed by atoms with Crippen LogP contribution in [0.25, 0.3) is 0 Å². The Balaban J connectivity index is 1.51. The Morgan fingerprint density at radius 1 is 1.31 bits per heavy atom. The predicted molar refractivity (Wildman–Crippen MR) is 100 cm³/mol. The summed E-state index contributed by atoms with van der Waals surface area (Å²) in [6.07, 6.45) is 3.96. The van der Waals surface area contributed by atoms with Gasteiger partial charge < -0.3 is 9.80 Å². The lowest BCUT2D eigenvalue weighted by Gasteiger charge is -2.39. The van der Waals surface area contributed by atoms with Crippen LogP contribution in [0.5, 0.6) is 0 Å². The predicted octanol–water partition coefficient (Wildman–Crippen LogP) is 2.41. The van der Waals surface area contributed by atoms with Crippen LogP contribution in [0.3, 0.4) is 0 Å². The second-order valence-corrected chi connectivity index (χ2v) is 7.85. The number of carbonyl (C=O) groups excluding carboxylic acids is 2. The quantitative estimate of drug-likeness (QED) is 0.786. The number of aromatic nitrogens is 3. The Morgan fingerprint density at radius 3 is 2.86 bits per heavy atom. The summed E-state index contributed by atoms with van der Waals surface area (Å²) in [7, 11) is 1.51. The molecule has 154 valence electrons. The summed E-state index contributed by atoms with van der Waals surface area (Å²) < 4.78 is 27.8. The van der Waals surface area contributed by atoms with Gasteiger partial charge in [0.2, 0.25) is 5.91 Å². The molecule has 4 rings (SSSR count). The summed E-state index contributed by atoms with van der Waals surface area (Å²) in [6.45, 7) is 1.81. The van der Waals surface area contributed by atoms with Crippen molar-refractivity contribution in [3.8, 4) is 0 Å². The number of halogens is 2. The Labute approximate surface area is 167 Å². The Bertz CT molecular complexity index is 917. The Morgan fingerprint density at radius 2 is 2.14 bits per heavy atom. The van der Waals surface area contributed by atoms with E-state index in [2.05, 4.69) is 10.1 Å². The lowest BCUT2D eigenvalue weighted by atomic mass is 9.78. The minimum atomic E-state index is -2.82. The van der Waals surface area contributed by atoms with Crippen LogP contribution in [0, 0.1) is 5.41 Å². The molecule has 0 saturated carbocycles. The average Bonchev–Trinajstić information content (AvgIpc) is 3.24. The van der Waals surface area contributed by atoms with Gasteiger partial charge in [-0.2, -0.15) is 5.10 Å². The third-order valence-corrected chi connectivity index (χ3v) is 5.86. The molecule has 2 aromatic heterocycles. The molecule has 2 aliphatic rings. The van der Waals surface area contributed by atoms with Gasteiger partial charge in [-0.3, -0.25) is 19.3 Å². The number of likely N-dealkylation sites (tertiary alicyclic amines) is 2. The van der Waals surface area contributed by atoms with E-state index in [4.69, 9.17) is 0 Å². The van der Waals surface area contributed by atoms with Crippen molar-refractivity contribution in [1.29, 1.82) is 0 Å². The van der Waals surface area contributed by atoms with Crippen LogP contribution < -0.4 is 0 Å². The zero-order valence-electron chi connectivity index (χ0n) is 16.2. The molecule has 4 heterocycles. The number of aryl methyl sites for hydroxylation is 1. The van der Waals surface area contributed by atoms with E-state index < -0.39 is 23.4 Å². The highest BCUT2D eigenvalue weighted by Gasteiger charge is 2.49. The third-order valence-electron chi connectivity index (χ3n) is 5.86. The number of rotatable bonds is 4. The average molecular weight is 403 g/mol. The normalized spacial score (nSPS) is 22.1. The molecule has 1 spiro atoms. The van der Waals surface area contributed by atoms with Crippen molar-refractivity contribution >= 4 is 11.8 Å². The number of hydrogen-bond donors (Lipinski definition) is 0. The van der Waals surface area contributed by atoms with Crippen molar-refractivity contribution in [2.45, 2.75) is 32.2 Å². The van der Waals surface area contributed by atoms with E-state index in [1.165, 1.54) is 22.8 Å². The van der Waals surface area contributed by atoms with Gasteiger partial charge in [0.1, 0.15) is 5.69 Å². The fraction of sp³-hybridized carbons (Fsp3) is 0.500. The van der Waals surface area contributed by atoms with Crippen LogP contribution in [-0.4, -0.2) is 56.0 Å². The molecule has 0 radical (unpaired) electrons. The molecule has 2 fully saturated rings. The first-order valence-electron chi connectivity index (χ1n) is 9.69. The molecule has 0 N–H and O–H groups in total. The minimum absolute atomic E-state index is 0.0270. The van der Waals surface area contributed by atoms with E-state index in [-0.39, 0.29) is 18.0 Å². The monoisotopic (exact) mass is 403 g/mol. The summed E-state index contributed by atoms with van der Waals surface area (Å²) in [4.78, 5) is 33.6. The van der Waals surface area contributed by atoms with E-state index >= 15 is 0 Å². The van der Waals surface area contributed by atoms with Crippen LogP contribution in [0.4, 0.5) is 8.78 Å². The second-order valence-electron chi connectivity index (χ2n) is 7.85. The molecule has 0 unspecified atom stereocenters. The van der Waals surface area contributed by atoms with Crippen molar-refractivity contribution in [3.05, 3.63) is 47.5 Å². The van der Waals surface area contributed by atoms with Gasteiger partial charge in [-0.05, 0) is 30.9 Å². The second kappa shape index (κ2) is 7.53. The van der Waals surface area contributed by atoms with Crippen LogP contribution >= 0.6 is 0 Å². The first-order valence-corrected chi connectivity index (χ1v) is 9.69. The van der Waals surface area contributed by atoms with E-state index in [9.17, 15) is 18.4 Å². The van der Waals surface area contributed by atoms with Crippen molar-refractivity contribution in [3.63, 3.8) is 0 Å². The van der Waals surface area contributed by atoms with Crippen LogP contribution in [0.2, 0.25) is 0 Å². The number of amides is 2. The maximum atomic E-state index is 13.3. The van der Waals surface area contributed by atoms with Gasteiger partial charge in [0.15, 0.2) is 0 Å². The van der Waals surface area contributed by atoms with Gasteiger partial charge >= 0.3 is 0 Å². The Kier molecular flexibility index (Phi) is 5.06. The van der Waals surface area contributed by atoms with E-state index in [1.807, 2.05) is 12.1 Å². The van der Waals surface area contributed by atoms with Crippen molar-refractivity contribution < 1.29 is 18.4 Å². The zero-order chi connectivity index (χ0) is 20.6. The van der Waals surface area contributed by atoms with Crippen molar-refractivity contribution in [1.82, 2.24) is 24.6 Å². The van der Waals surface area contributed by atoms with Gasteiger partial charge in [0, 0.05) is 51.8 Å². The standard InChI is InChI=1S/C20H23F2N5O2/c1-25-12-15(16(24-25)17(21)22)18(28)27-8-3-5-20(13-27)6-9-26(19(20)29)11-14-4-2-7-23-10-14/h2,4,7,10,12,17H,3,5-6,8-9,11,13H2,1H3/t20-/m1/s1. The molecule has 2 saturated heterocycles. The third kappa shape index (κ3) is 3.61. The summed E-state index contributed by atoms with van der Waals surface area (Å²) in [6, 6.07) is 3.76. The van der Waals surface area contributed by atoms with E-state index in [0.717, 1.165) is 5.56 Å². The highest BCUT2D eigenvalue weighted by molar-refractivity contribution is 5.96. The molecule has 2 aromatic rings. The molecular formula is C20H23F2N5O2. The summed E-state index contributed by atoms with van der Waals surface area (Å²) in [5, 5.41) is 3.73. The van der Waals surface area contributed by atoms with E-state index in [1.54, 1.807) is 17.3 Å². The fourth-order valence-electron chi connectivity index (χ4n) is 4.44. The maximum absolute atomic E-state index is 13.3. The SMILES string of the molecule is Cn1cc(C(=O)N2CCC[C@@]3(CCN(Cc4cccnc4)C3=O)C2)c(C(F)F)n1. The topological polar surface area (TPSA) is 71.3 Å². The number of pyridine rings is 1. The van der Waals surface area contributed by atoms with Crippen LogP contribution in [0.15, 0.2) is 30.7 Å². The number of carbonyl (C=O) groups is 2. The van der Waals surface area contributed by atoms with Gasteiger partial charge in [0.05, 0.1) is 11.0 Å². The molecule has 9 heteroatoms. The van der Waals surface area contributed by atoms with Crippen LogP contribution in [0.1, 0.15) is 47.3 Å². The largest absolute Gasteiger partial charge is 0.338 e. The molecule has 0 aromatic carbocycles. The lowest BCUT2D eigenvalue weighted by molar-refractivity contribution is -0.138. The van der Waals surface area contributed by atoms with Gasteiger partial charge in [0.25, 0.3) is 12.3 Å². The molecule has 29 heavy (non-hydrogen) atoms. The smallest absolute Gasteiger partial charge is 0.282 e. The van der Waals surface area contributed by atoms with Crippen molar-refractivity contribution in [2.24, 2.45) is 12.5 Å². The number of hydrogen-bond acceptors (Lipinski definition) is 4. The zero-order valence-corrected chi connectivity index (χ0v) is 16.2. The summed E-state index contributed by atoms with van der Waals surface area (Å²) in [5.74, 6) is -0.454. The summed E-state index contributed by atoms with van der Waals surface area (Å²) in [5.41, 5.74) is -0.271. The van der Waals surface area contributed by atoms with Crippen molar-refractivity contribution in [2.75, 3.05) is 19.6 Å². The molecule has 0 aliphatic carbocycles. The number of alkyl halides is 2. The first-order chi connectivity index (χ1) is 13.9. The Hall–Kier alpha value is -2.84. The maximum Gasteiger partial charge on any atom is 0.282 e. The first kappa shape index (κ1) is 19.5. The lowest BCUT2D eigenvalue weighted by Crippen LogP contribution is -2.49. The van der Waals surface area contributed by atoms with Gasteiger partial charge in [-0.25, -0.2) is 8.78 Å². The molecule has 2 aliphatic heterocycles. The highest BCUT2D eigenvalue weighted by atomic mass is 19.3. The van der Waals surface area contributed by atoms with Gasteiger partial charge in [-0.15, -0.1) is 0 Å². The fourth-order valence-corrected chi connectivity index (χ4v) is 4.44. The summed E-state index contributed by atoms with van der Waals surface area (Å²) >= 11 is 0. The molecule has 0 bridgehead atoms. The van der Waals surface area contributed by atoms with Crippen LogP contribution in [-0.2, 0) is 18.4 Å². The molecular weight excluding hydrogens is 380 g/mol. The van der Waals surface area contributed by atoms with E-state index in [0.29, 0.717) is 38.9 Å².